The highest BCUT2D eigenvalue weighted by Gasteiger charge is 1.94. The molecule has 0 saturated heterocycles. The fourth-order valence-corrected chi connectivity index (χ4v) is 0.585. The van der Waals surface area contributed by atoms with Crippen LogP contribution in [0.4, 0.5) is 0 Å². The van der Waals surface area contributed by atoms with Crippen molar-refractivity contribution in [2.45, 2.75) is 6.42 Å². The van der Waals surface area contributed by atoms with E-state index in [2.05, 4.69) is 9.97 Å². The molecule has 0 fully saturated rings. The number of hydrogen-bond acceptors (Lipinski definition) is 4. The molecule has 0 aliphatic rings. The molecule has 0 aromatic carbocycles. The van der Waals surface area contributed by atoms with Crippen molar-refractivity contribution in [1.29, 1.82) is 10.5 Å². The lowest BCUT2D eigenvalue weighted by molar-refractivity contribution is 1.04. The van der Waals surface area contributed by atoms with Gasteiger partial charge >= 0.3 is 0 Å². The average molecular weight is 144 g/mol. The number of nitriles is 2. The van der Waals surface area contributed by atoms with Crippen LogP contribution in [0.5, 0.6) is 0 Å². The lowest BCUT2D eigenvalue weighted by atomic mass is 10.3. The Morgan fingerprint density at radius 3 is 2.55 bits per heavy atom. The van der Waals surface area contributed by atoms with Crippen molar-refractivity contribution in [1.82, 2.24) is 9.97 Å². The molecule has 0 atom stereocenters. The zero-order valence-electron chi connectivity index (χ0n) is 5.65. The summed E-state index contributed by atoms with van der Waals surface area (Å²) in [6.45, 7) is 0. The Bertz CT molecular complexity index is 314. The predicted molar refractivity (Wildman–Crippen MR) is 36.1 cm³/mol. The van der Waals surface area contributed by atoms with Crippen LogP contribution in [-0.4, -0.2) is 9.97 Å². The van der Waals surface area contributed by atoms with Crippen LogP contribution in [0.25, 0.3) is 0 Å². The second-order valence-corrected chi connectivity index (χ2v) is 1.84. The van der Waals surface area contributed by atoms with Gasteiger partial charge in [0.15, 0.2) is 5.69 Å². The topological polar surface area (TPSA) is 73.4 Å². The Labute approximate surface area is 63.8 Å². The lowest BCUT2D eigenvalue weighted by Crippen LogP contribution is -1.91. The normalized spacial score (nSPS) is 8.18. The van der Waals surface area contributed by atoms with Gasteiger partial charge < -0.3 is 0 Å². The van der Waals surface area contributed by atoms with Gasteiger partial charge in [-0.25, -0.2) is 4.98 Å². The summed E-state index contributed by atoms with van der Waals surface area (Å²) in [5.41, 5.74) is 0.859. The maximum absolute atomic E-state index is 8.34. The first kappa shape index (κ1) is 7.17. The Hall–Kier alpha value is -1.94. The first-order chi connectivity index (χ1) is 5.36. The summed E-state index contributed by atoms with van der Waals surface area (Å²) < 4.78 is 0. The number of aromatic nitrogens is 2. The van der Waals surface area contributed by atoms with E-state index in [0.717, 1.165) is 0 Å². The molecule has 4 heteroatoms. The SMILES string of the molecule is N#CCc1cnc(C#N)cn1. The van der Waals surface area contributed by atoms with E-state index in [9.17, 15) is 0 Å². The minimum atomic E-state index is 0.235. The highest BCUT2D eigenvalue weighted by Crippen LogP contribution is 1.93. The maximum Gasteiger partial charge on any atom is 0.158 e. The van der Waals surface area contributed by atoms with E-state index in [1.165, 1.54) is 12.4 Å². The molecule has 4 nitrogen and oxygen atoms in total. The zero-order valence-corrected chi connectivity index (χ0v) is 5.65. The second kappa shape index (κ2) is 3.28. The fraction of sp³-hybridized carbons (Fsp3) is 0.143. The van der Waals surface area contributed by atoms with Crippen molar-refractivity contribution in [3.8, 4) is 12.1 Å². The van der Waals surface area contributed by atoms with Crippen LogP contribution in [0.3, 0.4) is 0 Å². The van der Waals surface area contributed by atoms with Gasteiger partial charge in [0.25, 0.3) is 0 Å². The molecule has 52 valence electrons. The van der Waals surface area contributed by atoms with E-state index in [0.29, 0.717) is 5.69 Å². The molecule has 0 unspecified atom stereocenters. The first-order valence-corrected chi connectivity index (χ1v) is 2.95. The summed E-state index contributed by atoms with van der Waals surface area (Å²) in [5, 5.41) is 16.6. The molecule has 11 heavy (non-hydrogen) atoms. The predicted octanol–water partition coefficient (Wildman–Crippen LogP) is 0.414. The summed E-state index contributed by atoms with van der Waals surface area (Å²) >= 11 is 0. The van der Waals surface area contributed by atoms with Gasteiger partial charge in [-0.1, -0.05) is 0 Å². The van der Waals surface area contributed by atoms with Crippen molar-refractivity contribution in [3.05, 3.63) is 23.8 Å². The van der Waals surface area contributed by atoms with Gasteiger partial charge in [0, 0.05) is 0 Å². The molecule has 0 spiro atoms. The quantitative estimate of drug-likeness (QED) is 0.572. The molecule has 0 amide bonds. The molecule has 1 aromatic rings. The summed E-state index contributed by atoms with van der Waals surface area (Å²) in [4.78, 5) is 7.57. The van der Waals surface area contributed by atoms with Gasteiger partial charge in [0.05, 0.1) is 30.6 Å². The summed E-state index contributed by atoms with van der Waals surface area (Å²) in [5.74, 6) is 0. The molecular formula is C7H4N4. The van der Waals surface area contributed by atoms with Crippen molar-refractivity contribution >= 4 is 0 Å². The summed E-state index contributed by atoms with van der Waals surface area (Å²) in [7, 11) is 0. The molecule has 0 bridgehead atoms. The van der Waals surface area contributed by atoms with Gasteiger partial charge in [0.2, 0.25) is 0 Å². The smallest absolute Gasteiger partial charge is 0.158 e. The van der Waals surface area contributed by atoms with Gasteiger partial charge in [-0.2, -0.15) is 10.5 Å². The molecule has 1 heterocycles. The van der Waals surface area contributed by atoms with Gasteiger partial charge in [0.1, 0.15) is 6.07 Å². The van der Waals surface area contributed by atoms with Crippen LogP contribution in [0.15, 0.2) is 12.4 Å². The Morgan fingerprint density at radius 2 is 2.09 bits per heavy atom. The number of rotatable bonds is 1. The molecule has 1 rings (SSSR count). The summed E-state index contributed by atoms with van der Waals surface area (Å²) in [6.07, 6.45) is 3.02. The van der Waals surface area contributed by atoms with Crippen LogP contribution in [0, 0.1) is 22.7 Å². The van der Waals surface area contributed by atoms with E-state index in [1.54, 1.807) is 0 Å². The third kappa shape index (κ3) is 1.74. The van der Waals surface area contributed by atoms with E-state index in [1.807, 2.05) is 12.1 Å². The number of hydrogen-bond donors (Lipinski definition) is 0. The van der Waals surface area contributed by atoms with Gasteiger partial charge in [-0.3, -0.25) is 4.98 Å². The highest BCUT2D eigenvalue weighted by molar-refractivity contribution is 5.17. The Morgan fingerprint density at radius 1 is 1.27 bits per heavy atom. The monoisotopic (exact) mass is 144 g/mol. The maximum atomic E-state index is 8.34. The van der Waals surface area contributed by atoms with Crippen LogP contribution in [0.2, 0.25) is 0 Å². The Balaban J connectivity index is 2.87. The van der Waals surface area contributed by atoms with Gasteiger partial charge in [-0.15, -0.1) is 0 Å². The van der Waals surface area contributed by atoms with Crippen LogP contribution < -0.4 is 0 Å². The fourth-order valence-electron chi connectivity index (χ4n) is 0.585. The molecule has 0 radical (unpaired) electrons. The minimum absolute atomic E-state index is 0.235. The van der Waals surface area contributed by atoms with Crippen LogP contribution in [-0.2, 0) is 6.42 Å². The standard InChI is InChI=1S/C7H4N4/c8-2-1-6-4-11-7(3-9)5-10-6/h4-5H,1H2. The molecular weight excluding hydrogens is 140 g/mol. The third-order valence-corrected chi connectivity index (χ3v) is 1.08. The number of nitrogens with zero attached hydrogens (tertiary/aromatic N) is 4. The summed E-state index contributed by atoms with van der Waals surface area (Å²) in [6, 6.07) is 3.78. The van der Waals surface area contributed by atoms with Crippen molar-refractivity contribution in [2.75, 3.05) is 0 Å². The van der Waals surface area contributed by atoms with E-state index in [-0.39, 0.29) is 12.1 Å². The lowest BCUT2D eigenvalue weighted by Gasteiger charge is -1.90. The molecule has 0 saturated carbocycles. The van der Waals surface area contributed by atoms with Crippen molar-refractivity contribution in [3.63, 3.8) is 0 Å². The minimum Gasteiger partial charge on any atom is -0.256 e. The van der Waals surface area contributed by atoms with Crippen LogP contribution >= 0.6 is 0 Å². The van der Waals surface area contributed by atoms with E-state index < -0.39 is 0 Å². The molecule has 1 aromatic heterocycles. The zero-order chi connectivity index (χ0) is 8.10. The molecule has 0 aliphatic carbocycles. The van der Waals surface area contributed by atoms with Gasteiger partial charge in [-0.05, 0) is 0 Å². The van der Waals surface area contributed by atoms with E-state index >= 15 is 0 Å². The third-order valence-electron chi connectivity index (χ3n) is 1.08. The first-order valence-electron chi connectivity index (χ1n) is 2.95. The molecule has 0 N–H and O–H groups in total. The van der Waals surface area contributed by atoms with Crippen molar-refractivity contribution in [2.24, 2.45) is 0 Å². The van der Waals surface area contributed by atoms with Crippen molar-refractivity contribution < 1.29 is 0 Å². The largest absolute Gasteiger partial charge is 0.256 e. The van der Waals surface area contributed by atoms with E-state index in [4.69, 9.17) is 10.5 Å². The Kier molecular flexibility index (Phi) is 2.14. The highest BCUT2D eigenvalue weighted by atomic mass is 14.8. The van der Waals surface area contributed by atoms with Crippen LogP contribution in [0.1, 0.15) is 11.4 Å². The molecule has 0 aliphatic heterocycles. The average Bonchev–Trinajstić information content (AvgIpc) is 2.07. The second-order valence-electron chi connectivity index (χ2n) is 1.84.